The van der Waals surface area contributed by atoms with E-state index in [-0.39, 0.29) is 5.02 Å². The van der Waals surface area contributed by atoms with E-state index >= 15 is 0 Å². The van der Waals surface area contributed by atoms with Gasteiger partial charge in [0.1, 0.15) is 4.90 Å². The smallest absolute Gasteiger partial charge is 0.337 e. The summed E-state index contributed by atoms with van der Waals surface area (Å²) in [5, 5.41) is 10.7. The van der Waals surface area contributed by atoms with Crippen LogP contribution in [0.3, 0.4) is 0 Å². The molecular formula is C11H12Cl2N2O5S. The van der Waals surface area contributed by atoms with Gasteiger partial charge in [-0.05, 0) is 12.1 Å². The first-order valence-corrected chi connectivity index (χ1v) is 7.70. The van der Waals surface area contributed by atoms with Crippen molar-refractivity contribution in [3.8, 4) is 0 Å². The number of aromatic carboxylic acids is 1. The number of nitrogens with zero attached hydrogens (tertiary/aromatic N) is 1. The second kappa shape index (κ2) is 6.61. The molecule has 0 bridgehead atoms. The van der Waals surface area contributed by atoms with E-state index in [1.807, 2.05) is 0 Å². The molecule has 0 heterocycles. The van der Waals surface area contributed by atoms with Crippen LogP contribution in [0.5, 0.6) is 0 Å². The zero-order chi connectivity index (χ0) is 16.4. The van der Waals surface area contributed by atoms with E-state index in [1.54, 1.807) is 0 Å². The molecule has 7 nitrogen and oxygen atoms in total. The van der Waals surface area contributed by atoms with Crippen molar-refractivity contribution in [1.29, 1.82) is 0 Å². The molecule has 0 aliphatic carbocycles. The zero-order valence-electron chi connectivity index (χ0n) is 11.1. The summed E-state index contributed by atoms with van der Waals surface area (Å²) in [4.78, 5) is 21.8. The van der Waals surface area contributed by atoms with Crippen molar-refractivity contribution >= 4 is 45.1 Å². The predicted molar refractivity (Wildman–Crippen MR) is 77.3 cm³/mol. The van der Waals surface area contributed by atoms with E-state index in [0.29, 0.717) is 0 Å². The Labute approximate surface area is 131 Å². The molecule has 1 rings (SSSR count). The van der Waals surface area contributed by atoms with Crippen molar-refractivity contribution in [2.75, 3.05) is 20.6 Å². The van der Waals surface area contributed by atoms with E-state index in [0.717, 1.165) is 16.4 Å². The number of amides is 1. The maximum atomic E-state index is 12.3. The number of rotatable bonds is 5. The number of benzene rings is 1. The lowest BCUT2D eigenvalue weighted by atomic mass is 10.2. The summed E-state index contributed by atoms with van der Waals surface area (Å²) in [5.74, 6) is -1.94. The minimum atomic E-state index is -4.16. The third kappa shape index (κ3) is 3.85. The Kier molecular flexibility index (Phi) is 5.57. The van der Waals surface area contributed by atoms with Gasteiger partial charge in [-0.1, -0.05) is 23.2 Å². The van der Waals surface area contributed by atoms with Crippen molar-refractivity contribution in [1.82, 2.24) is 9.62 Å². The first-order valence-electron chi connectivity index (χ1n) is 5.50. The highest BCUT2D eigenvalue weighted by molar-refractivity contribution is 7.89. The van der Waals surface area contributed by atoms with Gasteiger partial charge in [0.15, 0.2) is 0 Å². The van der Waals surface area contributed by atoms with Crippen LogP contribution in [0.2, 0.25) is 10.0 Å². The Bertz CT molecular complexity index is 690. The van der Waals surface area contributed by atoms with E-state index in [1.165, 1.54) is 14.1 Å². The first kappa shape index (κ1) is 17.7. The summed E-state index contributed by atoms with van der Waals surface area (Å²) in [6.45, 7) is -0.440. The Morgan fingerprint density at radius 2 is 1.90 bits per heavy atom. The number of hydrogen-bond donors (Lipinski definition) is 2. The fourth-order valence-corrected chi connectivity index (χ4v) is 3.44. The first-order chi connectivity index (χ1) is 9.61. The van der Waals surface area contributed by atoms with Gasteiger partial charge in [-0.15, -0.1) is 0 Å². The summed E-state index contributed by atoms with van der Waals surface area (Å²) in [6, 6.07) is 2.08. The van der Waals surface area contributed by atoms with Gasteiger partial charge in [0.05, 0.1) is 17.1 Å². The van der Waals surface area contributed by atoms with Crippen molar-refractivity contribution in [2.45, 2.75) is 4.90 Å². The second-order valence-electron chi connectivity index (χ2n) is 4.00. The molecule has 2 N–H and O–H groups in total. The Morgan fingerprint density at radius 1 is 1.33 bits per heavy atom. The van der Waals surface area contributed by atoms with Gasteiger partial charge in [0.25, 0.3) is 0 Å². The molecule has 0 aliphatic heterocycles. The third-order valence-corrected chi connectivity index (χ3v) is 5.13. The minimum absolute atomic E-state index is 0.0938. The molecule has 1 aromatic rings. The number of sulfonamides is 1. The summed E-state index contributed by atoms with van der Waals surface area (Å²) < 4.78 is 25.4. The molecule has 0 saturated carbocycles. The maximum absolute atomic E-state index is 12.3. The number of halogens is 2. The molecule has 0 radical (unpaired) electrons. The minimum Gasteiger partial charge on any atom is -0.478 e. The lowest BCUT2D eigenvalue weighted by molar-refractivity contribution is -0.120. The van der Waals surface area contributed by atoms with Gasteiger partial charge in [-0.2, -0.15) is 4.31 Å². The lowest BCUT2D eigenvalue weighted by Gasteiger charge is -2.18. The number of carbonyl (C=O) groups excluding carboxylic acids is 1. The van der Waals surface area contributed by atoms with Crippen LogP contribution in [-0.4, -0.2) is 50.3 Å². The zero-order valence-corrected chi connectivity index (χ0v) is 13.4. The molecule has 0 atom stereocenters. The van der Waals surface area contributed by atoms with Crippen molar-refractivity contribution in [3.05, 3.63) is 27.7 Å². The van der Waals surface area contributed by atoms with Gasteiger partial charge < -0.3 is 10.4 Å². The van der Waals surface area contributed by atoms with Crippen LogP contribution < -0.4 is 5.32 Å². The lowest BCUT2D eigenvalue weighted by Crippen LogP contribution is -2.37. The van der Waals surface area contributed by atoms with Crippen molar-refractivity contribution < 1.29 is 23.1 Å². The number of likely N-dealkylation sites (N-methyl/N-ethyl adjacent to an activating group) is 2. The van der Waals surface area contributed by atoms with Crippen LogP contribution in [0, 0.1) is 0 Å². The van der Waals surface area contributed by atoms with Gasteiger partial charge in [0.2, 0.25) is 15.9 Å². The molecule has 0 saturated heterocycles. The van der Waals surface area contributed by atoms with Crippen LogP contribution in [0.15, 0.2) is 17.0 Å². The Hall–Kier alpha value is -1.35. The SMILES string of the molecule is CNC(=O)CN(C)S(=O)(=O)c1cc(Cl)cc(C(=O)O)c1Cl. The predicted octanol–water partition coefficient (Wildman–Crippen LogP) is 1.06. The van der Waals surface area contributed by atoms with Gasteiger partial charge in [-0.25, -0.2) is 13.2 Å². The Morgan fingerprint density at radius 3 is 2.38 bits per heavy atom. The number of carboxylic acid groups (broad SMARTS) is 1. The van der Waals surface area contributed by atoms with Crippen molar-refractivity contribution in [3.63, 3.8) is 0 Å². The van der Waals surface area contributed by atoms with E-state index in [4.69, 9.17) is 28.3 Å². The topological polar surface area (TPSA) is 104 Å². The van der Waals surface area contributed by atoms with Gasteiger partial charge >= 0.3 is 5.97 Å². The highest BCUT2D eigenvalue weighted by atomic mass is 35.5. The summed E-state index contributed by atoms with van der Waals surface area (Å²) in [6.07, 6.45) is 0. The molecule has 21 heavy (non-hydrogen) atoms. The molecular weight excluding hydrogens is 343 g/mol. The third-order valence-electron chi connectivity index (χ3n) is 2.57. The van der Waals surface area contributed by atoms with Crippen LogP contribution in [0.4, 0.5) is 0 Å². The summed E-state index contributed by atoms with van der Waals surface area (Å²) in [5.41, 5.74) is -0.434. The van der Waals surface area contributed by atoms with Crippen LogP contribution in [-0.2, 0) is 14.8 Å². The number of carbonyl (C=O) groups is 2. The van der Waals surface area contributed by atoms with Crippen molar-refractivity contribution in [2.24, 2.45) is 0 Å². The van der Waals surface area contributed by atoms with Gasteiger partial charge in [0, 0.05) is 19.1 Å². The van der Waals surface area contributed by atoms with Crippen LogP contribution >= 0.6 is 23.2 Å². The average molecular weight is 355 g/mol. The van der Waals surface area contributed by atoms with Crippen LogP contribution in [0.25, 0.3) is 0 Å². The summed E-state index contributed by atoms with van der Waals surface area (Å²) in [7, 11) is -1.63. The molecule has 0 fully saturated rings. The molecule has 1 aromatic carbocycles. The molecule has 1 amide bonds. The highest BCUT2D eigenvalue weighted by Crippen LogP contribution is 2.31. The fraction of sp³-hybridized carbons (Fsp3) is 0.273. The van der Waals surface area contributed by atoms with Gasteiger partial charge in [-0.3, -0.25) is 4.79 Å². The normalized spacial score (nSPS) is 11.5. The maximum Gasteiger partial charge on any atom is 0.337 e. The summed E-state index contributed by atoms with van der Waals surface area (Å²) >= 11 is 11.6. The monoisotopic (exact) mass is 354 g/mol. The van der Waals surface area contributed by atoms with Crippen LogP contribution in [0.1, 0.15) is 10.4 Å². The fourth-order valence-electron chi connectivity index (χ4n) is 1.44. The Balaban J connectivity index is 3.38. The number of nitrogens with one attached hydrogen (secondary N) is 1. The quantitative estimate of drug-likeness (QED) is 0.822. The molecule has 0 aliphatic rings. The van der Waals surface area contributed by atoms with E-state index < -0.39 is 43.9 Å². The average Bonchev–Trinajstić information content (AvgIpc) is 2.40. The number of carboxylic acids is 1. The molecule has 116 valence electrons. The second-order valence-corrected chi connectivity index (χ2v) is 6.83. The van der Waals surface area contributed by atoms with E-state index in [2.05, 4.69) is 5.32 Å². The highest BCUT2D eigenvalue weighted by Gasteiger charge is 2.28. The molecule has 10 heteroatoms. The molecule has 0 unspecified atom stereocenters. The molecule has 0 aromatic heterocycles. The van der Waals surface area contributed by atoms with E-state index in [9.17, 15) is 18.0 Å². The molecule has 0 spiro atoms. The number of hydrogen-bond acceptors (Lipinski definition) is 4. The standard InChI is InChI=1S/C11H12Cl2N2O5S/c1-14-9(16)5-15(2)21(19,20)8-4-6(12)3-7(10(8)13)11(17)18/h3-4H,5H2,1-2H3,(H,14,16)(H,17,18). The largest absolute Gasteiger partial charge is 0.478 e.